The summed E-state index contributed by atoms with van der Waals surface area (Å²) in [4.78, 5) is 26.5. The molecule has 0 unspecified atom stereocenters. The second-order valence-corrected chi connectivity index (χ2v) is 17.0. The van der Waals surface area contributed by atoms with Crippen LogP contribution in [0.25, 0.3) is 0 Å². The number of amides is 1. The lowest BCUT2D eigenvalue weighted by Gasteiger charge is -2.54. The van der Waals surface area contributed by atoms with Gasteiger partial charge in [-0.25, -0.2) is 0 Å². The predicted octanol–water partition coefficient (Wildman–Crippen LogP) is 7.47. The van der Waals surface area contributed by atoms with Gasteiger partial charge in [0.1, 0.15) is 17.5 Å². The monoisotopic (exact) mass is 790 g/mol. The molecule has 2 aliphatic rings. The van der Waals surface area contributed by atoms with Gasteiger partial charge in [-0.2, -0.15) is 0 Å². The summed E-state index contributed by atoms with van der Waals surface area (Å²) in [6.45, 7) is 10.0. The standard InChI is InChI=1S/C49H62N2O7/c1-35-20-25-42(31-41(35)30-38-23-21-37(22-24-38)18-13-19-43(52)26-27-44(53)50-28-29-51(5)6)49-46(56-33-40-16-11-8-12-17-40)45(55-32-39-14-9-7-10-15-39)36(2)48(58-49,34-57-49)47(3,4)54/h7-12,14-17,20-25,31,36,45-46,54H,13,18-19,26-30,32-34H2,1-6H3,(H,50,53)/t36-,45-,46+,48-,49-/m0/s1. The minimum atomic E-state index is -1.34. The zero-order chi connectivity index (χ0) is 41.3. The lowest BCUT2D eigenvalue weighted by atomic mass is 9.70. The highest BCUT2D eigenvalue weighted by Crippen LogP contribution is 2.57. The minimum absolute atomic E-state index is 0.0710. The Kier molecular flexibility index (Phi) is 14.4. The minimum Gasteiger partial charge on any atom is -0.387 e. The molecular formula is C49H62N2O7. The number of hydrogen-bond acceptors (Lipinski definition) is 8. The average molecular weight is 791 g/mol. The molecular weight excluding hydrogens is 729 g/mol. The number of nitrogens with zero attached hydrogens (tertiary/aromatic N) is 1. The van der Waals surface area contributed by atoms with Crippen molar-refractivity contribution in [3.8, 4) is 0 Å². The molecule has 0 aliphatic carbocycles. The quantitative estimate of drug-likeness (QED) is 0.0951. The number of benzene rings is 4. The maximum atomic E-state index is 12.5. The number of likely N-dealkylation sites (N-methyl/N-ethyl adjacent to an activating group) is 1. The van der Waals surface area contributed by atoms with Crippen molar-refractivity contribution < 1.29 is 33.6 Å². The number of hydrogen-bond donors (Lipinski definition) is 2. The Morgan fingerprint density at radius 1 is 0.845 bits per heavy atom. The third kappa shape index (κ3) is 10.3. The van der Waals surface area contributed by atoms with Gasteiger partial charge in [-0.3, -0.25) is 9.59 Å². The van der Waals surface area contributed by atoms with E-state index in [2.05, 4.69) is 73.8 Å². The summed E-state index contributed by atoms with van der Waals surface area (Å²) in [7, 11) is 3.92. The Bertz CT molecular complexity index is 1950. The molecule has 0 aromatic heterocycles. The molecule has 9 heteroatoms. The lowest BCUT2D eigenvalue weighted by molar-refractivity contribution is -0.352. The van der Waals surface area contributed by atoms with Crippen LogP contribution in [0, 0.1) is 12.8 Å². The smallest absolute Gasteiger partial charge is 0.225 e. The topological polar surface area (TPSA) is 107 Å². The molecule has 2 N–H and O–H groups in total. The van der Waals surface area contributed by atoms with Crippen molar-refractivity contribution in [2.75, 3.05) is 33.8 Å². The Morgan fingerprint density at radius 3 is 2.12 bits per heavy atom. The summed E-state index contributed by atoms with van der Waals surface area (Å²) in [5, 5.41) is 14.7. The van der Waals surface area contributed by atoms with Gasteiger partial charge in [-0.1, -0.05) is 104 Å². The number of Topliss-reactive ketones (excluding diaryl/α,β-unsaturated/α-hetero) is 1. The number of nitrogens with one attached hydrogen (secondary N) is 1. The zero-order valence-corrected chi connectivity index (χ0v) is 35.2. The van der Waals surface area contributed by atoms with Crippen molar-refractivity contribution in [1.82, 2.24) is 10.2 Å². The van der Waals surface area contributed by atoms with Gasteiger partial charge in [-0.15, -0.1) is 0 Å². The highest BCUT2D eigenvalue weighted by atomic mass is 16.8. The van der Waals surface area contributed by atoms with Crippen LogP contribution in [0.5, 0.6) is 0 Å². The molecule has 2 heterocycles. The van der Waals surface area contributed by atoms with Crippen LogP contribution in [-0.4, -0.2) is 78.9 Å². The van der Waals surface area contributed by atoms with Crippen LogP contribution in [0.1, 0.15) is 85.4 Å². The summed E-state index contributed by atoms with van der Waals surface area (Å²) in [6, 6.07) is 35.1. The fraction of sp³-hybridized carbons (Fsp3) is 0.469. The van der Waals surface area contributed by atoms with Crippen molar-refractivity contribution in [2.24, 2.45) is 5.92 Å². The van der Waals surface area contributed by atoms with Gasteiger partial charge in [0.2, 0.25) is 11.7 Å². The Labute approximate surface area is 345 Å². The van der Waals surface area contributed by atoms with Gasteiger partial charge in [0.25, 0.3) is 0 Å². The molecule has 58 heavy (non-hydrogen) atoms. The van der Waals surface area contributed by atoms with Gasteiger partial charge < -0.3 is 34.3 Å². The average Bonchev–Trinajstić information content (AvgIpc) is 3.60. The Morgan fingerprint density at radius 2 is 1.48 bits per heavy atom. The number of aliphatic hydroxyl groups is 1. The maximum absolute atomic E-state index is 12.5. The van der Waals surface area contributed by atoms with Crippen molar-refractivity contribution >= 4 is 11.7 Å². The van der Waals surface area contributed by atoms with Crippen molar-refractivity contribution in [3.05, 3.63) is 142 Å². The zero-order valence-electron chi connectivity index (χ0n) is 35.2. The van der Waals surface area contributed by atoms with E-state index >= 15 is 0 Å². The normalized spacial score (nSPS) is 22.9. The van der Waals surface area contributed by atoms with E-state index in [1.54, 1.807) is 13.8 Å². The van der Waals surface area contributed by atoms with E-state index in [1.165, 1.54) is 5.56 Å². The molecule has 310 valence electrons. The van der Waals surface area contributed by atoms with Crippen molar-refractivity contribution in [1.29, 1.82) is 0 Å². The molecule has 0 saturated carbocycles. The van der Waals surface area contributed by atoms with Crippen LogP contribution in [0.15, 0.2) is 103 Å². The summed E-state index contributed by atoms with van der Waals surface area (Å²) in [5.41, 5.74) is 5.20. The van der Waals surface area contributed by atoms with E-state index in [0.29, 0.717) is 32.6 Å². The first-order valence-corrected chi connectivity index (χ1v) is 20.8. The van der Waals surface area contributed by atoms with Gasteiger partial charge >= 0.3 is 0 Å². The maximum Gasteiger partial charge on any atom is 0.225 e. The molecule has 0 spiro atoms. The van der Waals surface area contributed by atoms with E-state index in [1.807, 2.05) is 67.5 Å². The fourth-order valence-electron chi connectivity index (χ4n) is 8.28. The molecule has 2 bridgehead atoms. The Balaban J connectivity index is 1.18. The first-order chi connectivity index (χ1) is 27.8. The first-order valence-electron chi connectivity index (χ1n) is 20.8. The largest absolute Gasteiger partial charge is 0.387 e. The molecule has 2 fully saturated rings. The van der Waals surface area contributed by atoms with Gasteiger partial charge in [0.05, 0.1) is 31.5 Å². The SMILES string of the molecule is Cc1ccc([C@]23OC[C@](C(C)(C)O)(O2)[C@@H](C)[C@H](OCc2ccccc2)[C@H]3OCc2ccccc2)cc1Cc1ccc(CCCC(=O)CCC(=O)NCCN(C)C)cc1. The van der Waals surface area contributed by atoms with E-state index in [9.17, 15) is 14.7 Å². The predicted molar refractivity (Wildman–Crippen MR) is 226 cm³/mol. The van der Waals surface area contributed by atoms with Crippen LogP contribution in [0.2, 0.25) is 0 Å². The third-order valence-corrected chi connectivity index (χ3v) is 11.9. The van der Waals surface area contributed by atoms with E-state index in [-0.39, 0.29) is 37.1 Å². The molecule has 0 radical (unpaired) electrons. The summed E-state index contributed by atoms with van der Waals surface area (Å²) in [5.74, 6) is -1.57. The van der Waals surface area contributed by atoms with Crippen LogP contribution in [0.4, 0.5) is 0 Å². The number of carbonyl (C=O) groups is 2. The molecule has 1 amide bonds. The Hall–Kier alpha value is -4.22. The number of carbonyl (C=O) groups excluding carboxylic acids is 2. The summed E-state index contributed by atoms with van der Waals surface area (Å²) >= 11 is 0. The second-order valence-electron chi connectivity index (χ2n) is 17.0. The van der Waals surface area contributed by atoms with E-state index < -0.39 is 29.2 Å². The first kappa shape index (κ1) is 43.4. The second kappa shape index (κ2) is 19.2. The van der Waals surface area contributed by atoms with Crippen LogP contribution >= 0.6 is 0 Å². The third-order valence-electron chi connectivity index (χ3n) is 11.9. The van der Waals surface area contributed by atoms with Gasteiger partial charge in [0, 0.05) is 43.8 Å². The highest BCUT2D eigenvalue weighted by molar-refractivity contribution is 5.84. The van der Waals surface area contributed by atoms with Crippen LogP contribution in [-0.2, 0) is 60.4 Å². The molecule has 2 saturated heterocycles. The van der Waals surface area contributed by atoms with Crippen molar-refractivity contribution in [2.45, 2.75) is 109 Å². The van der Waals surface area contributed by atoms with E-state index in [0.717, 1.165) is 52.8 Å². The number of ketones is 1. The van der Waals surface area contributed by atoms with Crippen LogP contribution < -0.4 is 5.32 Å². The molecule has 4 aromatic rings. The molecule has 9 nitrogen and oxygen atoms in total. The van der Waals surface area contributed by atoms with Crippen molar-refractivity contribution in [3.63, 3.8) is 0 Å². The van der Waals surface area contributed by atoms with Gasteiger partial charge in [-0.05, 0) is 93.6 Å². The lowest BCUT2D eigenvalue weighted by Crippen LogP contribution is -2.68. The van der Waals surface area contributed by atoms with E-state index in [4.69, 9.17) is 18.9 Å². The highest BCUT2D eigenvalue weighted by Gasteiger charge is 2.71. The van der Waals surface area contributed by atoms with Gasteiger partial charge in [0.15, 0.2) is 0 Å². The molecule has 5 atom stereocenters. The summed E-state index contributed by atoms with van der Waals surface area (Å²) in [6.07, 6.45) is 2.09. The number of aryl methyl sites for hydroxylation is 2. The molecule has 4 aromatic carbocycles. The number of fused-ring (bicyclic) bond motifs is 2. The summed E-state index contributed by atoms with van der Waals surface area (Å²) < 4.78 is 27.8. The molecule has 6 rings (SSSR count). The number of ether oxygens (including phenoxy) is 4. The van der Waals surface area contributed by atoms with Crippen LogP contribution in [0.3, 0.4) is 0 Å². The fourth-order valence-corrected chi connectivity index (χ4v) is 8.28. The number of rotatable bonds is 20. The molecule has 2 aliphatic heterocycles.